The van der Waals surface area contributed by atoms with Crippen LogP contribution in [-0.4, -0.2) is 64.6 Å². The molecule has 10 nitrogen and oxygen atoms in total. The number of ketones is 1. The normalized spacial score (nSPS) is 24.6. The fraction of sp³-hybridized carbons (Fsp3) is 0.743. The monoisotopic (exact) mass is 655 g/mol. The number of Topliss-reactive ketones (excluding diaryl/α,β-unsaturated/α-hetero) is 1. The van der Waals surface area contributed by atoms with Gasteiger partial charge in [0, 0.05) is 23.4 Å². The minimum atomic E-state index is -1.06. The lowest BCUT2D eigenvalue weighted by Gasteiger charge is -2.40. The van der Waals surface area contributed by atoms with E-state index in [2.05, 4.69) is 27.4 Å². The van der Waals surface area contributed by atoms with Gasteiger partial charge in [-0.3, -0.25) is 19.2 Å². The Morgan fingerprint density at radius 3 is 2.26 bits per heavy atom. The highest BCUT2D eigenvalue weighted by atomic mass is 32.1. The minimum Gasteiger partial charge on any atom is -0.363 e. The smallest absolute Gasteiger partial charge is 0.315 e. The van der Waals surface area contributed by atoms with Gasteiger partial charge in [0.1, 0.15) is 12.1 Å². The summed E-state index contributed by atoms with van der Waals surface area (Å²) in [5.74, 6) is -2.27. The first-order valence-corrected chi connectivity index (χ1v) is 18.5. The Kier molecular flexibility index (Phi) is 11.4. The summed E-state index contributed by atoms with van der Waals surface area (Å²) in [6, 6.07) is 1.30. The molecule has 46 heavy (non-hydrogen) atoms. The number of nitrogens with one attached hydrogen (secondary N) is 3. The van der Waals surface area contributed by atoms with E-state index >= 15 is 0 Å². The van der Waals surface area contributed by atoms with Gasteiger partial charge in [-0.05, 0) is 73.6 Å². The summed E-state index contributed by atoms with van der Waals surface area (Å²) in [7, 11) is 0. The molecule has 5 amide bonds. The fourth-order valence-electron chi connectivity index (χ4n) is 8.21. The second-order valence-corrected chi connectivity index (χ2v) is 15.7. The van der Waals surface area contributed by atoms with E-state index in [0.717, 1.165) is 83.5 Å². The molecular formula is C35H53N5O5S. The molecule has 0 spiro atoms. The minimum absolute atomic E-state index is 0.0209. The topological polar surface area (TPSA) is 151 Å². The number of carbonyl (C=O) groups is 5. The number of urea groups is 1. The van der Waals surface area contributed by atoms with Crippen molar-refractivity contribution in [1.29, 1.82) is 0 Å². The van der Waals surface area contributed by atoms with Crippen LogP contribution < -0.4 is 21.7 Å². The Morgan fingerprint density at radius 1 is 0.957 bits per heavy atom. The Balaban J connectivity index is 1.35. The number of carbonyl (C=O) groups excluding carboxylic acids is 5. The number of nitrogens with two attached hydrogens (primary N) is 1. The second kappa shape index (κ2) is 15.3. The summed E-state index contributed by atoms with van der Waals surface area (Å²) in [5, 5.41) is 11.4. The Morgan fingerprint density at radius 2 is 1.65 bits per heavy atom. The largest absolute Gasteiger partial charge is 0.363 e. The van der Waals surface area contributed by atoms with Crippen LogP contribution in [0.3, 0.4) is 0 Å². The van der Waals surface area contributed by atoms with Crippen molar-refractivity contribution >= 4 is 40.9 Å². The van der Waals surface area contributed by atoms with E-state index in [1.807, 2.05) is 19.9 Å². The quantitative estimate of drug-likeness (QED) is 0.232. The predicted molar refractivity (Wildman–Crippen MR) is 178 cm³/mol. The van der Waals surface area contributed by atoms with Gasteiger partial charge in [-0.25, -0.2) is 4.79 Å². The maximum Gasteiger partial charge on any atom is 0.315 e. The predicted octanol–water partition coefficient (Wildman–Crippen LogP) is 4.45. The van der Waals surface area contributed by atoms with Crippen LogP contribution in [0.15, 0.2) is 17.5 Å². The molecule has 1 aliphatic heterocycles. The summed E-state index contributed by atoms with van der Waals surface area (Å²) in [6.07, 6.45) is 13.5. The molecule has 254 valence electrons. The molecule has 1 unspecified atom stereocenters. The number of amides is 5. The summed E-state index contributed by atoms with van der Waals surface area (Å²) in [6.45, 7) is 4.47. The van der Waals surface area contributed by atoms with Crippen molar-refractivity contribution in [3.8, 4) is 0 Å². The van der Waals surface area contributed by atoms with Crippen LogP contribution >= 0.6 is 11.3 Å². The summed E-state index contributed by atoms with van der Waals surface area (Å²) >= 11 is 1.70. The van der Waals surface area contributed by atoms with Gasteiger partial charge in [0.2, 0.25) is 17.6 Å². The highest BCUT2D eigenvalue weighted by Gasteiger charge is 2.47. The second-order valence-electron chi connectivity index (χ2n) is 14.7. The molecule has 2 heterocycles. The summed E-state index contributed by atoms with van der Waals surface area (Å²) in [5.41, 5.74) is 4.99. The first-order valence-electron chi connectivity index (χ1n) is 17.6. The van der Waals surface area contributed by atoms with Crippen molar-refractivity contribution in [3.63, 3.8) is 0 Å². The Hall–Kier alpha value is -2.95. The number of hydrogen-bond acceptors (Lipinski definition) is 6. The number of nitrogens with zero attached hydrogens (tertiary/aromatic N) is 1. The van der Waals surface area contributed by atoms with Crippen LogP contribution in [0, 0.1) is 23.7 Å². The van der Waals surface area contributed by atoms with Crippen molar-refractivity contribution in [3.05, 3.63) is 22.4 Å². The zero-order chi connectivity index (χ0) is 32.8. The number of primary amides is 1. The zero-order valence-corrected chi connectivity index (χ0v) is 28.4. The van der Waals surface area contributed by atoms with E-state index in [0.29, 0.717) is 19.4 Å². The lowest BCUT2D eigenvalue weighted by Crippen LogP contribution is -2.62. The van der Waals surface area contributed by atoms with Gasteiger partial charge in [-0.2, -0.15) is 0 Å². The molecule has 1 aromatic rings. The average Bonchev–Trinajstić information content (AvgIpc) is 3.50. The first-order chi connectivity index (χ1) is 22.1. The van der Waals surface area contributed by atoms with Crippen LogP contribution in [0.2, 0.25) is 0 Å². The SMILES string of the molecule is CC(C)[C@H]1CCN(C(=O)[C@@H](NC(=O)NC2(Cc3cccs3)CCCCC2)C2CCCCC2)[C@@H]1C(=O)NC(CC1CC1)C(=O)C(N)=O. The molecule has 4 fully saturated rings. The summed E-state index contributed by atoms with van der Waals surface area (Å²) < 4.78 is 0. The van der Waals surface area contributed by atoms with Gasteiger partial charge in [-0.15, -0.1) is 11.3 Å². The van der Waals surface area contributed by atoms with Crippen LogP contribution in [0.25, 0.3) is 0 Å². The molecule has 0 aromatic carbocycles. The van der Waals surface area contributed by atoms with Gasteiger partial charge >= 0.3 is 6.03 Å². The maximum absolute atomic E-state index is 14.6. The average molecular weight is 656 g/mol. The van der Waals surface area contributed by atoms with Crippen LogP contribution in [-0.2, 0) is 25.6 Å². The highest BCUT2D eigenvalue weighted by Crippen LogP contribution is 2.37. The van der Waals surface area contributed by atoms with E-state index < -0.39 is 35.7 Å². The molecule has 1 saturated heterocycles. The lowest BCUT2D eigenvalue weighted by molar-refractivity contribution is -0.144. The number of hydrogen-bond donors (Lipinski definition) is 4. The molecule has 4 aliphatic rings. The zero-order valence-electron chi connectivity index (χ0n) is 27.6. The Labute approximate surface area is 277 Å². The van der Waals surface area contributed by atoms with Crippen LogP contribution in [0.5, 0.6) is 0 Å². The Bertz CT molecular complexity index is 1240. The number of thiophene rings is 1. The fourth-order valence-corrected chi connectivity index (χ4v) is 9.06. The molecule has 1 aromatic heterocycles. The first kappa shape index (κ1) is 34.4. The van der Waals surface area contributed by atoms with Crippen molar-refractivity contribution < 1.29 is 24.0 Å². The molecule has 3 aliphatic carbocycles. The third-order valence-electron chi connectivity index (χ3n) is 11.0. The van der Waals surface area contributed by atoms with E-state index in [1.54, 1.807) is 16.2 Å². The number of likely N-dealkylation sites (tertiary alicyclic amines) is 1. The molecular weight excluding hydrogens is 602 g/mol. The van der Waals surface area contributed by atoms with Crippen molar-refractivity contribution in [2.24, 2.45) is 29.4 Å². The van der Waals surface area contributed by atoms with E-state index in [-0.39, 0.29) is 41.1 Å². The molecule has 11 heteroatoms. The van der Waals surface area contributed by atoms with Gasteiger partial charge in [0.25, 0.3) is 5.91 Å². The number of rotatable bonds is 13. The third kappa shape index (κ3) is 8.49. The third-order valence-corrected chi connectivity index (χ3v) is 11.8. The van der Waals surface area contributed by atoms with E-state index in [1.165, 1.54) is 4.88 Å². The van der Waals surface area contributed by atoms with Gasteiger partial charge < -0.3 is 26.6 Å². The van der Waals surface area contributed by atoms with Crippen LogP contribution in [0.4, 0.5) is 4.79 Å². The van der Waals surface area contributed by atoms with E-state index in [9.17, 15) is 24.0 Å². The van der Waals surface area contributed by atoms with Gasteiger partial charge in [0.05, 0.1) is 6.04 Å². The lowest BCUT2D eigenvalue weighted by atomic mass is 9.79. The van der Waals surface area contributed by atoms with Gasteiger partial charge in [-0.1, -0.05) is 71.3 Å². The molecule has 5 rings (SSSR count). The van der Waals surface area contributed by atoms with Crippen molar-refractivity contribution in [2.75, 3.05) is 6.54 Å². The molecule has 0 bridgehead atoms. The van der Waals surface area contributed by atoms with Crippen molar-refractivity contribution in [1.82, 2.24) is 20.9 Å². The highest BCUT2D eigenvalue weighted by molar-refractivity contribution is 7.09. The van der Waals surface area contributed by atoms with Crippen molar-refractivity contribution in [2.45, 2.75) is 134 Å². The molecule has 4 atom stereocenters. The van der Waals surface area contributed by atoms with E-state index in [4.69, 9.17) is 5.73 Å². The summed E-state index contributed by atoms with van der Waals surface area (Å²) in [4.78, 5) is 69.8. The standard InChI is InChI=1S/C35H53N5O5S/c1-22(2)26-15-18-40(29(26)32(43)37-27(20-23-13-14-23)30(41)31(36)42)33(44)28(24-10-5-3-6-11-24)38-34(45)39-35(16-7-4-8-17-35)21-25-12-9-19-46-25/h9,12,19,22-24,26-29H,3-8,10-11,13-18,20-21H2,1-2H3,(H2,36,42)(H,37,43)(H2,38,39,45)/t26-,27?,28+,29+/m1/s1. The molecule has 5 N–H and O–H groups in total. The van der Waals surface area contributed by atoms with Crippen LogP contribution in [0.1, 0.15) is 109 Å². The molecule has 3 saturated carbocycles. The molecule has 0 radical (unpaired) electrons. The maximum atomic E-state index is 14.6. The van der Waals surface area contributed by atoms with Gasteiger partial charge in [0.15, 0.2) is 0 Å².